The lowest BCUT2D eigenvalue weighted by atomic mass is 9.80. The quantitative estimate of drug-likeness (QED) is 0.531. The maximum absolute atomic E-state index is 12.2. The zero-order chi connectivity index (χ0) is 23.6. The first-order valence-electron chi connectivity index (χ1n) is 11.8. The summed E-state index contributed by atoms with van der Waals surface area (Å²) in [7, 11) is 0. The number of pyridine rings is 1. The highest BCUT2D eigenvalue weighted by atomic mass is 35.5. The second-order valence-electron chi connectivity index (χ2n) is 10.1. The van der Waals surface area contributed by atoms with Crippen LogP contribution in [0.1, 0.15) is 77.1 Å². The van der Waals surface area contributed by atoms with Crippen molar-refractivity contribution in [2.75, 3.05) is 0 Å². The minimum absolute atomic E-state index is 0.135. The Balaban J connectivity index is 1.56. The first-order valence-corrected chi connectivity index (χ1v) is 12.1. The van der Waals surface area contributed by atoms with E-state index < -0.39 is 5.60 Å². The number of allylic oxidation sites excluding steroid dienone is 4. The number of halogens is 1. The molecule has 1 fully saturated rings. The van der Waals surface area contributed by atoms with Gasteiger partial charge in [0.2, 0.25) is 0 Å². The van der Waals surface area contributed by atoms with Crippen molar-refractivity contribution >= 4 is 23.3 Å². The van der Waals surface area contributed by atoms with E-state index in [0.29, 0.717) is 11.8 Å². The maximum atomic E-state index is 12.2. The van der Waals surface area contributed by atoms with Crippen molar-refractivity contribution in [2.24, 2.45) is 5.92 Å². The van der Waals surface area contributed by atoms with Crippen LogP contribution in [0.3, 0.4) is 0 Å². The van der Waals surface area contributed by atoms with E-state index in [2.05, 4.69) is 28.4 Å². The lowest BCUT2D eigenvalue weighted by molar-refractivity contribution is 0.0491. The third kappa shape index (κ3) is 5.67. The number of hydrogen-bond acceptors (Lipinski definition) is 4. The van der Waals surface area contributed by atoms with Crippen molar-refractivity contribution in [2.45, 2.75) is 77.4 Å². The van der Waals surface area contributed by atoms with Gasteiger partial charge in [0, 0.05) is 40.6 Å². The number of amides is 1. The number of H-pyrrole nitrogens is 1. The van der Waals surface area contributed by atoms with Crippen molar-refractivity contribution in [3.05, 3.63) is 53.1 Å². The largest absolute Gasteiger partial charge is 0.444 e. The number of carbonyl (C=O) groups is 1. The Morgan fingerprint density at radius 3 is 2.48 bits per heavy atom. The summed E-state index contributed by atoms with van der Waals surface area (Å²) >= 11 is 6.27. The molecule has 0 aliphatic heterocycles. The normalized spacial score (nSPS) is 23.5. The van der Waals surface area contributed by atoms with E-state index in [0.717, 1.165) is 54.0 Å². The summed E-state index contributed by atoms with van der Waals surface area (Å²) in [5, 5.41) is 12.1. The predicted octanol–water partition coefficient (Wildman–Crippen LogP) is 6.57. The molecule has 0 spiro atoms. The predicted molar refractivity (Wildman–Crippen MR) is 132 cm³/mol. The number of carbonyl (C=O) groups excluding carboxylic acids is 1. The van der Waals surface area contributed by atoms with Gasteiger partial charge < -0.3 is 10.1 Å². The Labute approximate surface area is 200 Å². The second-order valence-corrected chi connectivity index (χ2v) is 10.6. The van der Waals surface area contributed by atoms with Crippen molar-refractivity contribution in [3.8, 4) is 11.1 Å². The van der Waals surface area contributed by atoms with Crippen LogP contribution in [0.15, 0.2) is 41.7 Å². The number of aromatic amines is 1. The van der Waals surface area contributed by atoms with Crippen LogP contribution >= 0.6 is 11.6 Å². The van der Waals surface area contributed by atoms with E-state index in [9.17, 15) is 4.79 Å². The zero-order valence-electron chi connectivity index (χ0n) is 19.8. The van der Waals surface area contributed by atoms with Gasteiger partial charge in [0.25, 0.3) is 0 Å². The molecule has 1 unspecified atom stereocenters. The zero-order valence-corrected chi connectivity index (χ0v) is 20.6. The van der Waals surface area contributed by atoms with Gasteiger partial charge >= 0.3 is 6.09 Å². The van der Waals surface area contributed by atoms with E-state index >= 15 is 0 Å². The molecule has 1 atom stereocenters. The summed E-state index contributed by atoms with van der Waals surface area (Å²) < 4.78 is 5.42. The van der Waals surface area contributed by atoms with Gasteiger partial charge in [-0.2, -0.15) is 5.10 Å². The first-order chi connectivity index (χ1) is 15.7. The molecule has 33 heavy (non-hydrogen) atoms. The summed E-state index contributed by atoms with van der Waals surface area (Å²) in [5.41, 5.74) is 5.15. The molecule has 0 bridgehead atoms. The molecular formula is C26H33ClN4O2. The SMILES string of the molecule is CC1CC(Cl)=CC=C1c1n[nH]c(C2CCC(NC(=O)OC(C)(C)C)CC2)c1-c1ccncc1. The fourth-order valence-electron chi connectivity index (χ4n) is 4.80. The van der Waals surface area contributed by atoms with Gasteiger partial charge in [-0.25, -0.2) is 4.79 Å². The highest BCUT2D eigenvalue weighted by molar-refractivity contribution is 6.30. The van der Waals surface area contributed by atoms with E-state index in [1.54, 1.807) is 0 Å². The summed E-state index contributed by atoms with van der Waals surface area (Å²) in [6.45, 7) is 7.84. The molecule has 176 valence electrons. The standard InChI is InChI=1S/C26H33ClN4O2/c1-16-15-19(27)7-10-21(16)24-22(17-11-13-28-14-12-17)23(30-31-24)18-5-8-20(9-6-18)29-25(32)33-26(2,3)4/h7,10-14,16,18,20H,5-6,8-9,15H2,1-4H3,(H,29,32)(H,30,31). The Bertz CT molecular complexity index is 1040. The van der Waals surface area contributed by atoms with Crippen LogP contribution in [0.2, 0.25) is 0 Å². The number of hydrogen-bond donors (Lipinski definition) is 2. The van der Waals surface area contributed by atoms with Crippen molar-refractivity contribution in [3.63, 3.8) is 0 Å². The van der Waals surface area contributed by atoms with Gasteiger partial charge in [0.05, 0.1) is 5.69 Å². The molecule has 0 saturated heterocycles. The number of aromatic nitrogens is 3. The van der Waals surface area contributed by atoms with Crippen LogP contribution in [0.25, 0.3) is 16.7 Å². The van der Waals surface area contributed by atoms with Gasteiger partial charge in [-0.1, -0.05) is 24.6 Å². The topological polar surface area (TPSA) is 79.9 Å². The monoisotopic (exact) mass is 468 g/mol. The molecule has 2 heterocycles. The third-order valence-electron chi connectivity index (χ3n) is 6.37. The molecule has 7 heteroatoms. The molecule has 1 saturated carbocycles. The minimum Gasteiger partial charge on any atom is -0.444 e. The molecule has 2 aromatic heterocycles. The maximum Gasteiger partial charge on any atom is 0.407 e. The molecule has 1 amide bonds. The minimum atomic E-state index is -0.489. The molecule has 0 radical (unpaired) electrons. The summed E-state index contributed by atoms with van der Waals surface area (Å²) in [6.07, 6.45) is 12.0. The third-order valence-corrected chi connectivity index (χ3v) is 6.65. The smallest absolute Gasteiger partial charge is 0.407 e. The van der Waals surface area contributed by atoms with Crippen LogP contribution < -0.4 is 5.32 Å². The lowest BCUT2D eigenvalue weighted by Gasteiger charge is -2.30. The molecule has 6 nitrogen and oxygen atoms in total. The van der Waals surface area contributed by atoms with Crippen LogP contribution in [0.5, 0.6) is 0 Å². The molecule has 2 N–H and O–H groups in total. The van der Waals surface area contributed by atoms with Crippen molar-refractivity contribution < 1.29 is 9.53 Å². The lowest BCUT2D eigenvalue weighted by Crippen LogP contribution is -2.40. The molecule has 2 aromatic rings. The van der Waals surface area contributed by atoms with E-state index in [1.807, 2.05) is 51.4 Å². The highest BCUT2D eigenvalue weighted by Gasteiger charge is 2.31. The van der Waals surface area contributed by atoms with E-state index in [1.165, 1.54) is 11.3 Å². The van der Waals surface area contributed by atoms with Crippen LogP contribution in [-0.2, 0) is 4.74 Å². The first kappa shape index (κ1) is 23.6. The number of nitrogens with zero attached hydrogens (tertiary/aromatic N) is 2. The van der Waals surface area contributed by atoms with Crippen molar-refractivity contribution in [1.82, 2.24) is 20.5 Å². The van der Waals surface area contributed by atoms with Gasteiger partial charge in [-0.3, -0.25) is 10.1 Å². The van der Waals surface area contributed by atoms with Crippen molar-refractivity contribution in [1.29, 1.82) is 0 Å². The molecule has 2 aliphatic rings. The summed E-state index contributed by atoms with van der Waals surface area (Å²) in [5.74, 6) is 0.651. The fraction of sp³-hybridized carbons (Fsp3) is 0.500. The Morgan fingerprint density at radius 1 is 1.15 bits per heavy atom. The summed E-state index contributed by atoms with van der Waals surface area (Å²) in [4.78, 5) is 16.4. The number of nitrogens with one attached hydrogen (secondary N) is 2. The van der Waals surface area contributed by atoms with E-state index in [-0.39, 0.29) is 12.1 Å². The van der Waals surface area contributed by atoms with Gasteiger partial charge in [-0.05, 0) is 88.1 Å². The second kappa shape index (κ2) is 9.72. The van der Waals surface area contributed by atoms with E-state index in [4.69, 9.17) is 21.4 Å². The summed E-state index contributed by atoms with van der Waals surface area (Å²) in [6, 6.07) is 4.23. The molecule has 4 rings (SSSR count). The Hall–Kier alpha value is -2.60. The highest BCUT2D eigenvalue weighted by Crippen LogP contribution is 2.43. The van der Waals surface area contributed by atoms with Crippen LogP contribution in [0.4, 0.5) is 4.79 Å². The number of ether oxygens (including phenoxy) is 1. The number of rotatable bonds is 4. The van der Waals surface area contributed by atoms with Crippen LogP contribution in [0, 0.1) is 5.92 Å². The molecular weight excluding hydrogens is 436 g/mol. The molecule has 2 aliphatic carbocycles. The van der Waals surface area contributed by atoms with Gasteiger partial charge in [-0.15, -0.1) is 0 Å². The fourth-order valence-corrected chi connectivity index (χ4v) is 5.09. The van der Waals surface area contributed by atoms with Gasteiger partial charge in [0.15, 0.2) is 0 Å². The van der Waals surface area contributed by atoms with Crippen LogP contribution in [-0.4, -0.2) is 32.9 Å². The molecule has 0 aromatic carbocycles. The Morgan fingerprint density at radius 2 is 1.85 bits per heavy atom. The number of alkyl carbamates (subject to hydrolysis) is 1. The average Bonchev–Trinajstić information content (AvgIpc) is 3.18. The Kier molecular flexibility index (Phi) is 6.94. The average molecular weight is 469 g/mol. The van der Waals surface area contributed by atoms with Gasteiger partial charge in [0.1, 0.15) is 5.60 Å².